The van der Waals surface area contributed by atoms with Gasteiger partial charge in [-0.05, 0) is 25.8 Å². The van der Waals surface area contributed by atoms with E-state index in [2.05, 4.69) is 51.8 Å². The van der Waals surface area contributed by atoms with Crippen molar-refractivity contribution in [2.24, 2.45) is 0 Å². The Morgan fingerprint density at radius 3 is 2.50 bits per heavy atom. The summed E-state index contributed by atoms with van der Waals surface area (Å²) in [6.45, 7) is 7.01. The molecule has 0 aliphatic heterocycles. The van der Waals surface area contributed by atoms with Crippen molar-refractivity contribution in [3.05, 3.63) is 47.7 Å². The van der Waals surface area contributed by atoms with Crippen molar-refractivity contribution in [2.45, 2.75) is 33.2 Å². The van der Waals surface area contributed by atoms with Gasteiger partial charge in [0.15, 0.2) is 0 Å². The molecule has 4 nitrogen and oxygen atoms in total. The number of hydrogen-bond donors (Lipinski definition) is 2. The number of rotatable bonds is 6. The number of anilines is 2. The predicted octanol–water partition coefficient (Wildman–Crippen LogP) is 3.78. The Hall–Kier alpha value is -2.10. The summed E-state index contributed by atoms with van der Waals surface area (Å²) in [4.78, 5) is 8.87. The van der Waals surface area contributed by atoms with Crippen molar-refractivity contribution in [1.29, 1.82) is 0 Å². The molecule has 0 saturated heterocycles. The van der Waals surface area contributed by atoms with E-state index >= 15 is 0 Å². The smallest absolute Gasteiger partial charge is 0.224 e. The summed E-state index contributed by atoms with van der Waals surface area (Å²) in [6.07, 6.45) is 1.00. The summed E-state index contributed by atoms with van der Waals surface area (Å²) < 4.78 is 0. The summed E-state index contributed by atoms with van der Waals surface area (Å²) in [6, 6.07) is 12.7. The van der Waals surface area contributed by atoms with Gasteiger partial charge in [0.1, 0.15) is 5.82 Å². The van der Waals surface area contributed by atoms with Crippen molar-refractivity contribution in [2.75, 3.05) is 17.2 Å². The molecule has 0 radical (unpaired) electrons. The molecule has 1 unspecified atom stereocenters. The predicted molar refractivity (Wildman–Crippen MR) is 84.0 cm³/mol. The van der Waals surface area contributed by atoms with E-state index in [0.29, 0.717) is 5.95 Å². The van der Waals surface area contributed by atoms with Gasteiger partial charge in [-0.15, -0.1) is 0 Å². The SMILES string of the molecule is CCNc1nc(C)cc(NC(CC)c2ccccc2)n1. The van der Waals surface area contributed by atoms with E-state index in [4.69, 9.17) is 0 Å². The van der Waals surface area contributed by atoms with Crippen LogP contribution in [0.15, 0.2) is 36.4 Å². The molecule has 4 heteroatoms. The van der Waals surface area contributed by atoms with E-state index in [1.165, 1.54) is 5.56 Å². The Morgan fingerprint density at radius 2 is 1.85 bits per heavy atom. The van der Waals surface area contributed by atoms with Gasteiger partial charge in [-0.2, -0.15) is 4.98 Å². The van der Waals surface area contributed by atoms with E-state index in [1.807, 2.05) is 26.0 Å². The van der Waals surface area contributed by atoms with E-state index in [0.717, 1.165) is 24.5 Å². The highest BCUT2D eigenvalue weighted by Crippen LogP contribution is 2.22. The molecule has 0 spiro atoms. The minimum Gasteiger partial charge on any atom is -0.363 e. The highest BCUT2D eigenvalue weighted by molar-refractivity contribution is 5.44. The molecule has 0 saturated carbocycles. The molecule has 1 heterocycles. The lowest BCUT2D eigenvalue weighted by atomic mass is 10.0. The van der Waals surface area contributed by atoms with Crippen LogP contribution in [-0.4, -0.2) is 16.5 Å². The molecular formula is C16H22N4. The quantitative estimate of drug-likeness (QED) is 0.838. The normalized spacial score (nSPS) is 11.9. The number of nitrogens with one attached hydrogen (secondary N) is 2. The minimum atomic E-state index is 0.264. The van der Waals surface area contributed by atoms with Crippen LogP contribution >= 0.6 is 0 Å². The fourth-order valence-electron chi connectivity index (χ4n) is 2.16. The van der Waals surface area contributed by atoms with E-state index < -0.39 is 0 Å². The van der Waals surface area contributed by atoms with Crippen molar-refractivity contribution in [3.8, 4) is 0 Å². The maximum atomic E-state index is 4.50. The third-order valence-electron chi connectivity index (χ3n) is 3.12. The molecule has 2 N–H and O–H groups in total. The Labute approximate surface area is 120 Å². The zero-order chi connectivity index (χ0) is 14.4. The Kier molecular flexibility index (Phi) is 4.93. The molecule has 0 bridgehead atoms. The maximum Gasteiger partial charge on any atom is 0.224 e. The monoisotopic (exact) mass is 270 g/mol. The van der Waals surface area contributed by atoms with E-state index in [9.17, 15) is 0 Å². The van der Waals surface area contributed by atoms with Crippen LogP contribution in [0, 0.1) is 6.92 Å². The van der Waals surface area contributed by atoms with Crippen LogP contribution in [0.2, 0.25) is 0 Å². The second-order valence-corrected chi connectivity index (χ2v) is 4.76. The fraction of sp³-hybridized carbons (Fsp3) is 0.375. The van der Waals surface area contributed by atoms with Crippen molar-refractivity contribution >= 4 is 11.8 Å². The number of aromatic nitrogens is 2. The molecule has 0 fully saturated rings. The highest BCUT2D eigenvalue weighted by Gasteiger charge is 2.10. The number of benzene rings is 1. The molecule has 1 atom stereocenters. The number of nitrogens with zero attached hydrogens (tertiary/aromatic N) is 2. The zero-order valence-electron chi connectivity index (χ0n) is 12.4. The van der Waals surface area contributed by atoms with Gasteiger partial charge in [-0.3, -0.25) is 0 Å². The number of hydrogen-bond acceptors (Lipinski definition) is 4. The van der Waals surface area contributed by atoms with Gasteiger partial charge in [0.05, 0.1) is 6.04 Å². The lowest BCUT2D eigenvalue weighted by Crippen LogP contribution is -2.12. The second kappa shape index (κ2) is 6.89. The van der Waals surface area contributed by atoms with E-state index in [-0.39, 0.29) is 6.04 Å². The molecule has 0 amide bonds. The average Bonchev–Trinajstić information content (AvgIpc) is 2.45. The summed E-state index contributed by atoms with van der Waals surface area (Å²) in [5.74, 6) is 1.54. The van der Waals surface area contributed by atoms with Crippen molar-refractivity contribution in [1.82, 2.24) is 9.97 Å². The topological polar surface area (TPSA) is 49.8 Å². The van der Waals surface area contributed by atoms with Crippen LogP contribution in [0.5, 0.6) is 0 Å². The average molecular weight is 270 g/mol. The minimum absolute atomic E-state index is 0.264. The molecule has 2 aromatic rings. The molecule has 2 rings (SSSR count). The largest absolute Gasteiger partial charge is 0.363 e. The number of aryl methyl sites for hydroxylation is 1. The first-order chi connectivity index (χ1) is 9.72. The molecule has 106 valence electrons. The molecule has 0 aliphatic rings. The lowest BCUT2D eigenvalue weighted by Gasteiger charge is -2.18. The highest BCUT2D eigenvalue weighted by atomic mass is 15.1. The van der Waals surface area contributed by atoms with Crippen LogP contribution in [-0.2, 0) is 0 Å². The van der Waals surface area contributed by atoms with Crippen LogP contribution in [0.4, 0.5) is 11.8 Å². The van der Waals surface area contributed by atoms with Crippen molar-refractivity contribution in [3.63, 3.8) is 0 Å². The van der Waals surface area contributed by atoms with E-state index in [1.54, 1.807) is 0 Å². The Morgan fingerprint density at radius 1 is 1.10 bits per heavy atom. The molecule has 20 heavy (non-hydrogen) atoms. The van der Waals surface area contributed by atoms with Gasteiger partial charge in [-0.25, -0.2) is 4.98 Å². The first-order valence-corrected chi connectivity index (χ1v) is 7.14. The van der Waals surface area contributed by atoms with Crippen molar-refractivity contribution < 1.29 is 0 Å². The summed E-state index contributed by atoms with van der Waals surface area (Å²) in [5, 5.41) is 6.65. The van der Waals surface area contributed by atoms with Gasteiger partial charge in [-0.1, -0.05) is 37.3 Å². The molecule has 0 aliphatic carbocycles. The summed E-state index contributed by atoms with van der Waals surface area (Å²) in [7, 11) is 0. The van der Waals surface area contributed by atoms with Crippen LogP contribution < -0.4 is 10.6 Å². The fourth-order valence-corrected chi connectivity index (χ4v) is 2.16. The second-order valence-electron chi connectivity index (χ2n) is 4.76. The molecular weight excluding hydrogens is 248 g/mol. The zero-order valence-corrected chi connectivity index (χ0v) is 12.4. The van der Waals surface area contributed by atoms with Gasteiger partial charge >= 0.3 is 0 Å². The third-order valence-corrected chi connectivity index (χ3v) is 3.12. The first kappa shape index (κ1) is 14.3. The van der Waals surface area contributed by atoms with Crippen LogP contribution in [0.3, 0.4) is 0 Å². The van der Waals surface area contributed by atoms with Gasteiger partial charge < -0.3 is 10.6 Å². The summed E-state index contributed by atoms with van der Waals surface area (Å²) >= 11 is 0. The Balaban J connectivity index is 2.19. The van der Waals surface area contributed by atoms with Gasteiger partial charge in [0.2, 0.25) is 5.95 Å². The molecule has 1 aromatic carbocycles. The molecule has 1 aromatic heterocycles. The standard InChI is InChI=1S/C16H22N4/c1-4-14(13-9-7-6-8-10-13)19-15-11-12(3)18-16(20-15)17-5-2/h6-11,14H,4-5H2,1-3H3,(H2,17,18,19,20). The van der Waals surface area contributed by atoms with Crippen LogP contribution in [0.1, 0.15) is 37.6 Å². The lowest BCUT2D eigenvalue weighted by molar-refractivity contribution is 0.743. The first-order valence-electron chi connectivity index (χ1n) is 7.14. The van der Waals surface area contributed by atoms with Gasteiger partial charge in [0.25, 0.3) is 0 Å². The van der Waals surface area contributed by atoms with Crippen LogP contribution in [0.25, 0.3) is 0 Å². The Bertz CT molecular complexity index is 539. The third kappa shape index (κ3) is 3.70. The van der Waals surface area contributed by atoms with Gasteiger partial charge in [0, 0.05) is 18.3 Å². The maximum absolute atomic E-state index is 4.50. The summed E-state index contributed by atoms with van der Waals surface area (Å²) in [5.41, 5.74) is 2.23.